The van der Waals surface area contributed by atoms with Gasteiger partial charge in [-0.25, -0.2) is 5.43 Å². The molecule has 6 heteroatoms. The molecule has 0 aromatic heterocycles. The Morgan fingerprint density at radius 3 is 2.40 bits per heavy atom. The molecule has 0 atom stereocenters. The van der Waals surface area contributed by atoms with Crippen molar-refractivity contribution in [2.24, 2.45) is 5.10 Å². The average Bonchev–Trinajstić information content (AvgIpc) is 2.56. The highest BCUT2D eigenvalue weighted by molar-refractivity contribution is 6.02. The second-order valence-corrected chi connectivity index (χ2v) is 5.57. The Morgan fingerprint density at radius 1 is 1.16 bits per heavy atom. The maximum absolute atomic E-state index is 12.3. The van der Waals surface area contributed by atoms with Crippen molar-refractivity contribution < 1.29 is 18.3 Å². The average molecular weight is 346 g/mol. The van der Waals surface area contributed by atoms with Crippen LogP contribution in [-0.2, 0) is 0 Å². The van der Waals surface area contributed by atoms with E-state index in [4.69, 9.17) is 0 Å². The van der Waals surface area contributed by atoms with Crippen LogP contribution in [-0.4, -0.2) is 18.2 Å². The molecule has 0 aliphatic heterocycles. The van der Waals surface area contributed by atoms with E-state index in [0.717, 1.165) is 16.7 Å². The van der Waals surface area contributed by atoms with Crippen molar-refractivity contribution in [2.45, 2.75) is 33.8 Å². The predicted molar refractivity (Wildman–Crippen MR) is 93.3 cm³/mol. The monoisotopic (exact) mass is 346 g/mol. The van der Waals surface area contributed by atoms with Gasteiger partial charge in [-0.15, -0.1) is 0 Å². The lowest BCUT2D eigenvalue weighted by Crippen LogP contribution is -2.21. The number of benzene rings is 2. The van der Waals surface area contributed by atoms with Gasteiger partial charge in [-0.1, -0.05) is 24.6 Å². The number of carbonyl (C=O) groups is 1. The van der Waals surface area contributed by atoms with E-state index in [2.05, 4.69) is 15.3 Å². The molecule has 0 bridgehead atoms. The first-order valence-electron chi connectivity index (χ1n) is 7.90. The Morgan fingerprint density at radius 2 is 1.84 bits per heavy atom. The molecular formula is C19H20F2N2O2. The number of ether oxygens (including phenoxy) is 1. The van der Waals surface area contributed by atoms with E-state index < -0.39 is 6.61 Å². The smallest absolute Gasteiger partial charge is 0.387 e. The van der Waals surface area contributed by atoms with Gasteiger partial charge in [0.15, 0.2) is 0 Å². The highest BCUT2D eigenvalue weighted by atomic mass is 19.3. The molecule has 0 spiro atoms. The van der Waals surface area contributed by atoms with Crippen molar-refractivity contribution >= 4 is 11.6 Å². The number of hydrogen-bond acceptors (Lipinski definition) is 3. The van der Waals surface area contributed by atoms with Crippen LogP contribution in [0.15, 0.2) is 47.6 Å². The van der Waals surface area contributed by atoms with Crippen LogP contribution in [0.25, 0.3) is 0 Å². The van der Waals surface area contributed by atoms with E-state index in [-0.39, 0.29) is 11.7 Å². The van der Waals surface area contributed by atoms with Crippen molar-refractivity contribution in [2.75, 3.05) is 0 Å². The van der Waals surface area contributed by atoms with Crippen LogP contribution < -0.4 is 10.2 Å². The number of nitrogens with one attached hydrogen (secondary N) is 1. The van der Waals surface area contributed by atoms with E-state index in [1.807, 2.05) is 32.9 Å². The Hall–Kier alpha value is -2.76. The van der Waals surface area contributed by atoms with Crippen LogP contribution >= 0.6 is 0 Å². The molecule has 0 heterocycles. The van der Waals surface area contributed by atoms with Gasteiger partial charge < -0.3 is 4.74 Å². The molecule has 0 saturated carbocycles. The number of rotatable bonds is 6. The number of carbonyl (C=O) groups excluding carboxylic acids is 1. The summed E-state index contributed by atoms with van der Waals surface area (Å²) in [5.74, 6) is -0.213. The standard InChI is InChI=1S/C19H20F2N2O2/c1-4-17(14-6-8-15(9-7-14)25-19(20)21)22-23-18(24)16-10-5-12(2)11-13(16)3/h5-11,19H,4H2,1-3H3,(H,23,24). The number of amides is 1. The third kappa shape index (κ3) is 5.11. The molecule has 1 N–H and O–H groups in total. The van der Waals surface area contributed by atoms with Crippen molar-refractivity contribution in [1.82, 2.24) is 5.43 Å². The summed E-state index contributed by atoms with van der Waals surface area (Å²) in [5.41, 5.74) is 6.44. The number of aryl methyl sites for hydroxylation is 2. The Kier molecular flexibility index (Phi) is 6.22. The highest BCUT2D eigenvalue weighted by Gasteiger charge is 2.10. The Balaban J connectivity index is 2.12. The summed E-state index contributed by atoms with van der Waals surface area (Å²) in [7, 11) is 0. The largest absolute Gasteiger partial charge is 0.435 e. The minimum Gasteiger partial charge on any atom is -0.435 e. The van der Waals surface area contributed by atoms with Crippen LogP contribution in [0.5, 0.6) is 5.75 Å². The first kappa shape index (κ1) is 18.6. The maximum Gasteiger partial charge on any atom is 0.387 e. The summed E-state index contributed by atoms with van der Waals surface area (Å²) < 4.78 is 28.7. The van der Waals surface area contributed by atoms with Gasteiger partial charge in [0.25, 0.3) is 5.91 Å². The summed E-state index contributed by atoms with van der Waals surface area (Å²) in [6.45, 7) is 2.87. The van der Waals surface area contributed by atoms with E-state index in [9.17, 15) is 13.6 Å². The summed E-state index contributed by atoms with van der Waals surface area (Å²) >= 11 is 0. The van der Waals surface area contributed by atoms with E-state index in [0.29, 0.717) is 17.7 Å². The van der Waals surface area contributed by atoms with Gasteiger partial charge in [-0.3, -0.25) is 4.79 Å². The second kappa shape index (κ2) is 8.37. The van der Waals surface area contributed by atoms with Crippen molar-refractivity contribution in [3.05, 3.63) is 64.7 Å². The second-order valence-electron chi connectivity index (χ2n) is 5.57. The third-order valence-electron chi connectivity index (χ3n) is 3.67. The van der Waals surface area contributed by atoms with Crippen molar-refractivity contribution in [3.8, 4) is 5.75 Å². The quantitative estimate of drug-likeness (QED) is 0.621. The molecule has 0 aliphatic rings. The number of hydrogen-bond donors (Lipinski definition) is 1. The van der Waals surface area contributed by atoms with E-state index in [1.165, 1.54) is 12.1 Å². The van der Waals surface area contributed by atoms with Crippen LogP contribution in [0.2, 0.25) is 0 Å². The van der Waals surface area contributed by atoms with Gasteiger partial charge >= 0.3 is 6.61 Å². The number of nitrogens with zero attached hydrogens (tertiary/aromatic N) is 1. The lowest BCUT2D eigenvalue weighted by atomic mass is 10.1. The number of hydrazone groups is 1. The normalized spacial score (nSPS) is 11.5. The molecular weight excluding hydrogens is 326 g/mol. The SMILES string of the molecule is CCC(=NNC(=O)c1ccc(C)cc1C)c1ccc(OC(F)F)cc1. The molecule has 0 saturated heterocycles. The van der Waals surface area contributed by atoms with Crippen molar-refractivity contribution in [1.29, 1.82) is 0 Å². The first-order chi connectivity index (χ1) is 11.9. The van der Waals surface area contributed by atoms with Gasteiger partial charge in [-0.2, -0.15) is 13.9 Å². The molecule has 2 rings (SSSR count). The minimum absolute atomic E-state index is 0.0773. The molecule has 4 nitrogen and oxygen atoms in total. The van der Waals surface area contributed by atoms with E-state index in [1.54, 1.807) is 18.2 Å². The first-order valence-corrected chi connectivity index (χ1v) is 7.90. The molecule has 0 radical (unpaired) electrons. The van der Waals surface area contributed by atoms with Crippen LogP contribution in [0.1, 0.15) is 40.4 Å². The lowest BCUT2D eigenvalue weighted by Gasteiger charge is -2.09. The fourth-order valence-corrected chi connectivity index (χ4v) is 2.42. The minimum atomic E-state index is -2.86. The molecule has 0 fully saturated rings. The maximum atomic E-state index is 12.3. The van der Waals surface area contributed by atoms with Crippen LogP contribution in [0.3, 0.4) is 0 Å². The fourth-order valence-electron chi connectivity index (χ4n) is 2.42. The molecule has 0 unspecified atom stereocenters. The number of alkyl halides is 2. The zero-order chi connectivity index (χ0) is 18.4. The van der Waals surface area contributed by atoms with Gasteiger partial charge in [0.05, 0.1) is 5.71 Å². The molecule has 25 heavy (non-hydrogen) atoms. The van der Waals surface area contributed by atoms with Crippen LogP contribution in [0, 0.1) is 13.8 Å². The van der Waals surface area contributed by atoms with Gasteiger partial charge in [0.2, 0.25) is 0 Å². The topological polar surface area (TPSA) is 50.7 Å². The van der Waals surface area contributed by atoms with Gasteiger partial charge in [-0.05, 0) is 61.7 Å². The third-order valence-corrected chi connectivity index (χ3v) is 3.67. The van der Waals surface area contributed by atoms with E-state index >= 15 is 0 Å². The Labute approximate surface area is 145 Å². The summed E-state index contributed by atoms with van der Waals surface area (Å²) in [6, 6.07) is 11.7. The molecule has 1 amide bonds. The van der Waals surface area contributed by atoms with Crippen LogP contribution in [0.4, 0.5) is 8.78 Å². The van der Waals surface area contributed by atoms with Gasteiger partial charge in [0.1, 0.15) is 5.75 Å². The predicted octanol–water partition coefficient (Wildman–Crippen LogP) is 4.45. The zero-order valence-corrected chi connectivity index (χ0v) is 14.3. The number of halogens is 2. The fraction of sp³-hybridized carbons (Fsp3) is 0.263. The molecule has 0 aliphatic carbocycles. The summed E-state index contributed by atoms with van der Waals surface area (Å²) in [6.07, 6.45) is 0.572. The molecule has 132 valence electrons. The summed E-state index contributed by atoms with van der Waals surface area (Å²) in [5, 5.41) is 4.17. The Bertz CT molecular complexity index is 771. The van der Waals surface area contributed by atoms with Crippen molar-refractivity contribution in [3.63, 3.8) is 0 Å². The summed E-state index contributed by atoms with van der Waals surface area (Å²) in [4.78, 5) is 12.3. The zero-order valence-electron chi connectivity index (χ0n) is 14.3. The highest BCUT2D eigenvalue weighted by Crippen LogP contribution is 2.16. The molecule has 2 aromatic rings. The lowest BCUT2D eigenvalue weighted by molar-refractivity contribution is -0.0498. The molecule has 2 aromatic carbocycles. The van der Waals surface area contributed by atoms with Gasteiger partial charge in [0, 0.05) is 5.56 Å².